The van der Waals surface area contributed by atoms with Crippen LogP contribution in [0, 0.1) is 5.41 Å². The first-order valence-electron chi connectivity index (χ1n) is 9.67. The summed E-state index contributed by atoms with van der Waals surface area (Å²) in [5.41, 5.74) is 0.342. The van der Waals surface area contributed by atoms with E-state index in [9.17, 15) is 19.5 Å². The summed E-state index contributed by atoms with van der Waals surface area (Å²) in [6.07, 6.45) is 2.43. The van der Waals surface area contributed by atoms with Crippen molar-refractivity contribution in [2.45, 2.75) is 38.2 Å². The topological polar surface area (TPSA) is 90.0 Å². The number of hydrogen-bond donors (Lipinski definition) is 2. The van der Waals surface area contributed by atoms with Crippen LogP contribution in [0.5, 0.6) is 0 Å². The molecule has 1 aromatic carbocycles. The van der Waals surface area contributed by atoms with Crippen molar-refractivity contribution in [3.05, 3.63) is 29.8 Å². The van der Waals surface area contributed by atoms with Crippen LogP contribution in [-0.4, -0.2) is 60.0 Å². The number of carbonyl (C=O) groups excluding carboxylic acids is 3. The lowest BCUT2D eigenvalue weighted by molar-refractivity contribution is -0.147. The minimum atomic E-state index is -0.908. The SMILES string of the molecule is O=C(c1cccc(N2CCCC2=O)c1)N1CC[C@H](O)[C@@]2(CCCNC2=O)C1. The Morgan fingerprint density at radius 1 is 1.22 bits per heavy atom. The summed E-state index contributed by atoms with van der Waals surface area (Å²) in [6.45, 7) is 1.94. The highest BCUT2D eigenvalue weighted by Gasteiger charge is 2.50. The molecule has 2 N–H and O–H groups in total. The van der Waals surface area contributed by atoms with E-state index in [0.717, 1.165) is 18.5 Å². The number of hydrogen-bond acceptors (Lipinski definition) is 4. The highest BCUT2D eigenvalue weighted by Crippen LogP contribution is 2.37. The van der Waals surface area contributed by atoms with Gasteiger partial charge in [-0.3, -0.25) is 14.4 Å². The molecular weight excluding hydrogens is 346 g/mol. The largest absolute Gasteiger partial charge is 0.392 e. The van der Waals surface area contributed by atoms with Gasteiger partial charge in [0.05, 0.1) is 11.5 Å². The number of benzene rings is 1. The van der Waals surface area contributed by atoms with Crippen LogP contribution < -0.4 is 10.2 Å². The summed E-state index contributed by atoms with van der Waals surface area (Å²) < 4.78 is 0. The van der Waals surface area contributed by atoms with E-state index < -0.39 is 11.5 Å². The van der Waals surface area contributed by atoms with E-state index in [4.69, 9.17) is 0 Å². The number of piperidine rings is 2. The fraction of sp³-hybridized carbons (Fsp3) is 0.550. The number of aliphatic hydroxyl groups excluding tert-OH is 1. The van der Waals surface area contributed by atoms with Crippen LogP contribution in [-0.2, 0) is 9.59 Å². The van der Waals surface area contributed by atoms with Crippen LogP contribution in [0.1, 0.15) is 42.5 Å². The van der Waals surface area contributed by atoms with Crippen molar-refractivity contribution >= 4 is 23.4 Å². The highest BCUT2D eigenvalue weighted by atomic mass is 16.3. The molecule has 1 spiro atoms. The molecule has 3 aliphatic rings. The first-order chi connectivity index (χ1) is 13.0. The Balaban J connectivity index is 1.56. The van der Waals surface area contributed by atoms with Gasteiger partial charge < -0.3 is 20.2 Å². The molecule has 3 aliphatic heterocycles. The van der Waals surface area contributed by atoms with Crippen LogP contribution in [0.2, 0.25) is 0 Å². The van der Waals surface area contributed by atoms with Crippen molar-refractivity contribution in [1.82, 2.24) is 10.2 Å². The van der Waals surface area contributed by atoms with Gasteiger partial charge in [0.25, 0.3) is 5.91 Å². The second kappa shape index (κ2) is 6.96. The van der Waals surface area contributed by atoms with E-state index in [-0.39, 0.29) is 24.3 Å². The van der Waals surface area contributed by atoms with Gasteiger partial charge in [0.2, 0.25) is 11.8 Å². The molecule has 0 saturated carbocycles. The van der Waals surface area contributed by atoms with Gasteiger partial charge in [0.15, 0.2) is 0 Å². The lowest BCUT2D eigenvalue weighted by atomic mass is 9.71. The first-order valence-corrected chi connectivity index (χ1v) is 9.67. The lowest BCUT2D eigenvalue weighted by Gasteiger charge is -2.46. The Morgan fingerprint density at radius 2 is 2.07 bits per heavy atom. The van der Waals surface area contributed by atoms with E-state index in [1.807, 2.05) is 6.07 Å². The minimum absolute atomic E-state index is 0.0820. The number of anilines is 1. The standard InChI is InChI=1S/C20H25N3O4/c24-16-7-11-22(13-20(16)8-3-9-21-19(20)27)18(26)14-4-1-5-15(12-14)23-10-2-6-17(23)25/h1,4-5,12,16,24H,2-3,6-11,13H2,(H,21,27)/t16-,20+/m0/s1. The predicted molar refractivity (Wildman–Crippen MR) is 99.2 cm³/mol. The van der Waals surface area contributed by atoms with Gasteiger partial charge >= 0.3 is 0 Å². The zero-order valence-electron chi connectivity index (χ0n) is 15.3. The summed E-state index contributed by atoms with van der Waals surface area (Å²) in [6, 6.07) is 7.13. The van der Waals surface area contributed by atoms with E-state index in [1.54, 1.807) is 28.0 Å². The highest BCUT2D eigenvalue weighted by molar-refractivity contribution is 5.99. The number of nitrogens with one attached hydrogen (secondary N) is 1. The van der Waals surface area contributed by atoms with Crippen LogP contribution >= 0.6 is 0 Å². The van der Waals surface area contributed by atoms with Crippen molar-refractivity contribution in [2.24, 2.45) is 5.41 Å². The Labute approximate surface area is 158 Å². The Bertz CT molecular complexity index is 780. The molecule has 0 aliphatic carbocycles. The number of aliphatic hydroxyl groups is 1. The second-order valence-corrected chi connectivity index (χ2v) is 7.75. The number of likely N-dealkylation sites (tertiary alicyclic amines) is 1. The summed E-state index contributed by atoms with van der Waals surface area (Å²) >= 11 is 0. The third-order valence-corrected chi connectivity index (χ3v) is 6.09. The number of rotatable bonds is 2. The molecule has 0 bridgehead atoms. The molecule has 7 heteroatoms. The molecule has 3 saturated heterocycles. The number of carbonyl (C=O) groups is 3. The van der Waals surface area contributed by atoms with Gasteiger partial charge in [-0.05, 0) is 43.9 Å². The van der Waals surface area contributed by atoms with Gasteiger partial charge in [0.1, 0.15) is 0 Å². The Morgan fingerprint density at radius 3 is 2.81 bits per heavy atom. The summed E-state index contributed by atoms with van der Waals surface area (Å²) in [7, 11) is 0. The molecule has 3 heterocycles. The van der Waals surface area contributed by atoms with Gasteiger partial charge in [0, 0.05) is 43.9 Å². The van der Waals surface area contributed by atoms with E-state index >= 15 is 0 Å². The molecule has 2 atom stereocenters. The molecule has 0 radical (unpaired) electrons. The van der Waals surface area contributed by atoms with Gasteiger partial charge in [-0.1, -0.05) is 6.07 Å². The molecule has 0 unspecified atom stereocenters. The maximum atomic E-state index is 13.1. The fourth-order valence-corrected chi connectivity index (χ4v) is 4.53. The maximum absolute atomic E-state index is 13.1. The fourth-order valence-electron chi connectivity index (χ4n) is 4.53. The summed E-state index contributed by atoms with van der Waals surface area (Å²) in [5, 5.41) is 13.3. The van der Waals surface area contributed by atoms with Gasteiger partial charge in [-0.15, -0.1) is 0 Å². The molecule has 3 fully saturated rings. The smallest absolute Gasteiger partial charge is 0.253 e. The lowest BCUT2D eigenvalue weighted by Crippen LogP contribution is -2.62. The maximum Gasteiger partial charge on any atom is 0.253 e. The third-order valence-electron chi connectivity index (χ3n) is 6.09. The molecule has 4 rings (SSSR count). The molecular formula is C20H25N3O4. The van der Waals surface area contributed by atoms with Crippen LogP contribution in [0.25, 0.3) is 0 Å². The van der Waals surface area contributed by atoms with Gasteiger partial charge in [-0.25, -0.2) is 0 Å². The average molecular weight is 371 g/mol. The predicted octanol–water partition coefficient (Wildman–Crippen LogP) is 0.917. The van der Waals surface area contributed by atoms with Crippen molar-refractivity contribution in [2.75, 3.05) is 31.1 Å². The monoisotopic (exact) mass is 371 g/mol. The zero-order valence-corrected chi connectivity index (χ0v) is 15.3. The van der Waals surface area contributed by atoms with Crippen molar-refractivity contribution < 1.29 is 19.5 Å². The third kappa shape index (κ3) is 3.10. The van der Waals surface area contributed by atoms with E-state index in [1.165, 1.54) is 0 Å². The molecule has 144 valence electrons. The van der Waals surface area contributed by atoms with E-state index in [2.05, 4.69) is 5.32 Å². The normalized spacial score (nSPS) is 28.6. The van der Waals surface area contributed by atoms with Crippen LogP contribution in [0.15, 0.2) is 24.3 Å². The molecule has 27 heavy (non-hydrogen) atoms. The van der Waals surface area contributed by atoms with Crippen molar-refractivity contribution in [1.29, 1.82) is 0 Å². The van der Waals surface area contributed by atoms with Gasteiger partial charge in [-0.2, -0.15) is 0 Å². The number of amides is 3. The molecule has 0 aromatic heterocycles. The van der Waals surface area contributed by atoms with Crippen LogP contribution in [0.4, 0.5) is 5.69 Å². The van der Waals surface area contributed by atoms with Crippen molar-refractivity contribution in [3.63, 3.8) is 0 Å². The molecule has 3 amide bonds. The Hall–Kier alpha value is -2.41. The average Bonchev–Trinajstić information content (AvgIpc) is 3.11. The summed E-state index contributed by atoms with van der Waals surface area (Å²) in [5.74, 6) is -0.234. The summed E-state index contributed by atoms with van der Waals surface area (Å²) in [4.78, 5) is 41.0. The molecule has 1 aromatic rings. The Kier molecular flexibility index (Phi) is 4.63. The minimum Gasteiger partial charge on any atom is -0.392 e. The second-order valence-electron chi connectivity index (χ2n) is 7.75. The quantitative estimate of drug-likeness (QED) is 0.809. The first kappa shape index (κ1) is 18.0. The van der Waals surface area contributed by atoms with Crippen LogP contribution in [0.3, 0.4) is 0 Å². The number of nitrogens with zero attached hydrogens (tertiary/aromatic N) is 2. The molecule has 7 nitrogen and oxygen atoms in total. The van der Waals surface area contributed by atoms with Crippen molar-refractivity contribution in [3.8, 4) is 0 Å². The zero-order chi connectivity index (χ0) is 19.0. The van der Waals surface area contributed by atoms with E-state index in [0.29, 0.717) is 44.5 Å².